The molecule has 4 aliphatic rings. The van der Waals surface area contributed by atoms with Crippen LogP contribution in [0.4, 0.5) is 26.3 Å². The highest BCUT2D eigenvalue weighted by Gasteiger charge is 2.63. The van der Waals surface area contributed by atoms with Crippen LogP contribution in [-0.2, 0) is 18.1 Å². The van der Waals surface area contributed by atoms with Crippen molar-refractivity contribution in [1.29, 1.82) is 0 Å². The summed E-state index contributed by atoms with van der Waals surface area (Å²) in [7, 11) is 0. The molecule has 1 aromatic heterocycles. The van der Waals surface area contributed by atoms with Gasteiger partial charge in [-0.3, -0.25) is 4.68 Å². The van der Waals surface area contributed by atoms with E-state index in [4.69, 9.17) is 0 Å². The maximum absolute atomic E-state index is 13.5. The van der Waals surface area contributed by atoms with Crippen LogP contribution in [0.5, 0.6) is 0 Å². The van der Waals surface area contributed by atoms with E-state index in [2.05, 4.69) is 5.10 Å². The second-order valence-corrected chi connectivity index (χ2v) is 7.46. The molecule has 0 amide bonds. The molecular formula is C15H14F6N2O2. The largest absolute Gasteiger partial charge is 0.477 e. The number of rotatable bonds is 4. The van der Waals surface area contributed by atoms with Crippen molar-refractivity contribution in [3.05, 3.63) is 17.0 Å². The molecule has 1 N–H and O–H groups in total. The summed E-state index contributed by atoms with van der Waals surface area (Å²) in [6, 6.07) is 0. The van der Waals surface area contributed by atoms with Gasteiger partial charge >= 0.3 is 18.3 Å². The maximum atomic E-state index is 13.5. The van der Waals surface area contributed by atoms with Gasteiger partial charge in [0.1, 0.15) is 5.56 Å². The summed E-state index contributed by atoms with van der Waals surface area (Å²) in [4.78, 5) is 11.4. The first-order chi connectivity index (χ1) is 11.4. The molecule has 1 heterocycles. The van der Waals surface area contributed by atoms with Gasteiger partial charge in [0, 0.05) is 12.0 Å². The van der Waals surface area contributed by atoms with Crippen molar-refractivity contribution in [3.63, 3.8) is 0 Å². The maximum Gasteiger partial charge on any atom is 0.420 e. The van der Waals surface area contributed by atoms with Crippen molar-refractivity contribution in [2.24, 2.45) is 17.8 Å². The first-order valence-electron chi connectivity index (χ1n) is 7.91. The Morgan fingerprint density at radius 3 is 2.16 bits per heavy atom. The van der Waals surface area contributed by atoms with E-state index in [-0.39, 0.29) is 12.1 Å². The Bertz CT molecular complexity index is 733. The van der Waals surface area contributed by atoms with Crippen LogP contribution in [0.2, 0.25) is 0 Å². The number of aromatic nitrogens is 2. The van der Waals surface area contributed by atoms with Gasteiger partial charge in [0.15, 0.2) is 5.69 Å². The van der Waals surface area contributed by atoms with Crippen molar-refractivity contribution in [2.45, 2.75) is 50.0 Å². The summed E-state index contributed by atoms with van der Waals surface area (Å²) < 4.78 is 79.2. The number of nitrogens with zero attached hydrogens (tertiary/aromatic N) is 2. The van der Waals surface area contributed by atoms with Crippen molar-refractivity contribution in [1.82, 2.24) is 9.78 Å². The average molecular weight is 368 g/mol. The third-order valence-electron chi connectivity index (χ3n) is 5.73. The first-order valence-corrected chi connectivity index (χ1v) is 7.91. The number of alkyl halides is 6. The normalized spacial score (nSPS) is 33.6. The standard InChI is InChI=1S/C15H14F6N2O2/c16-14(17,18)8-1-7(8)5-23-10(12(24)25)9(15(19,20)21)11(22-23)13-2-6(3-13)4-13/h6-8H,1-5H2,(H,24,25)/t6?,7?,8-,13?/m0/s1. The number of carbonyl (C=O) groups is 1. The van der Waals surface area contributed by atoms with Crippen LogP contribution < -0.4 is 0 Å². The van der Waals surface area contributed by atoms with E-state index >= 15 is 0 Å². The summed E-state index contributed by atoms with van der Waals surface area (Å²) in [5, 5.41) is 13.1. The van der Waals surface area contributed by atoms with E-state index in [1.165, 1.54) is 0 Å². The summed E-state index contributed by atoms with van der Waals surface area (Å²) >= 11 is 0. The topological polar surface area (TPSA) is 55.1 Å². The highest BCUT2D eigenvalue weighted by Crippen LogP contribution is 2.66. The highest BCUT2D eigenvalue weighted by molar-refractivity contribution is 5.88. The molecule has 5 rings (SSSR count). The van der Waals surface area contributed by atoms with Gasteiger partial charge in [0.25, 0.3) is 0 Å². The molecule has 2 atom stereocenters. The fourth-order valence-electron chi connectivity index (χ4n) is 4.29. The molecule has 4 nitrogen and oxygen atoms in total. The van der Waals surface area contributed by atoms with E-state index in [0.717, 1.165) is 0 Å². The predicted molar refractivity (Wildman–Crippen MR) is 70.9 cm³/mol. The first kappa shape index (κ1) is 16.7. The van der Waals surface area contributed by atoms with E-state index in [1.807, 2.05) is 0 Å². The molecule has 4 saturated carbocycles. The van der Waals surface area contributed by atoms with Crippen LogP contribution in [0.1, 0.15) is 47.4 Å². The van der Waals surface area contributed by atoms with Crippen LogP contribution in [-0.4, -0.2) is 27.0 Å². The van der Waals surface area contributed by atoms with Crippen LogP contribution >= 0.6 is 0 Å². The van der Waals surface area contributed by atoms with Gasteiger partial charge in [-0.2, -0.15) is 31.4 Å². The Morgan fingerprint density at radius 1 is 1.20 bits per heavy atom. The van der Waals surface area contributed by atoms with E-state index < -0.39 is 53.4 Å². The molecule has 0 aromatic carbocycles. The van der Waals surface area contributed by atoms with Gasteiger partial charge in [0.05, 0.1) is 11.6 Å². The Morgan fingerprint density at radius 2 is 1.80 bits per heavy atom. The van der Waals surface area contributed by atoms with E-state index in [9.17, 15) is 36.2 Å². The minimum atomic E-state index is -4.91. The summed E-state index contributed by atoms with van der Waals surface area (Å²) in [6.07, 6.45) is -7.97. The van der Waals surface area contributed by atoms with E-state index in [1.54, 1.807) is 0 Å². The lowest BCUT2D eigenvalue weighted by atomic mass is 9.43. The molecule has 138 valence electrons. The Kier molecular flexibility index (Phi) is 3.14. The van der Waals surface area contributed by atoms with Gasteiger partial charge < -0.3 is 5.11 Å². The fourth-order valence-corrected chi connectivity index (χ4v) is 4.29. The lowest BCUT2D eigenvalue weighted by Crippen LogP contribution is -2.56. The molecule has 0 saturated heterocycles. The second-order valence-electron chi connectivity index (χ2n) is 7.46. The van der Waals surface area contributed by atoms with Crippen molar-refractivity contribution < 1.29 is 36.2 Å². The van der Waals surface area contributed by atoms with E-state index in [0.29, 0.717) is 29.9 Å². The number of hydrogen-bond donors (Lipinski definition) is 1. The molecule has 1 unspecified atom stereocenters. The minimum absolute atomic E-state index is 0.216. The molecule has 25 heavy (non-hydrogen) atoms. The third-order valence-corrected chi connectivity index (χ3v) is 5.73. The quantitative estimate of drug-likeness (QED) is 0.822. The molecule has 4 aliphatic carbocycles. The predicted octanol–water partition coefficient (Wildman–Crippen LogP) is 3.85. The van der Waals surface area contributed by atoms with Crippen LogP contribution in [0.25, 0.3) is 0 Å². The smallest absolute Gasteiger partial charge is 0.420 e. The Hall–Kier alpha value is -1.74. The highest BCUT2D eigenvalue weighted by atomic mass is 19.4. The summed E-state index contributed by atoms with van der Waals surface area (Å²) in [5.41, 5.74) is -3.38. The zero-order valence-electron chi connectivity index (χ0n) is 12.8. The zero-order valence-corrected chi connectivity index (χ0v) is 12.8. The molecule has 4 fully saturated rings. The van der Waals surface area contributed by atoms with Gasteiger partial charge in [-0.25, -0.2) is 4.79 Å². The molecule has 0 spiro atoms. The number of carboxylic acids is 1. The molecule has 1 aromatic rings. The number of halogens is 6. The number of hydrogen-bond acceptors (Lipinski definition) is 2. The summed E-state index contributed by atoms with van der Waals surface area (Å²) in [6.45, 7) is -0.464. The van der Waals surface area contributed by atoms with Gasteiger partial charge in [-0.1, -0.05) is 0 Å². The van der Waals surface area contributed by atoms with Crippen molar-refractivity contribution in [3.8, 4) is 0 Å². The van der Waals surface area contributed by atoms with Gasteiger partial charge in [0.2, 0.25) is 0 Å². The van der Waals surface area contributed by atoms with Gasteiger partial charge in [-0.15, -0.1) is 0 Å². The Balaban J connectivity index is 1.73. The molecule has 0 aliphatic heterocycles. The molecule has 10 heteroatoms. The molecule has 2 bridgehead atoms. The molecule has 0 radical (unpaired) electrons. The van der Waals surface area contributed by atoms with Gasteiger partial charge in [-0.05, 0) is 37.5 Å². The monoisotopic (exact) mass is 368 g/mol. The average Bonchev–Trinajstić information content (AvgIpc) is 2.98. The van der Waals surface area contributed by atoms with Crippen molar-refractivity contribution >= 4 is 5.97 Å². The van der Waals surface area contributed by atoms with Crippen LogP contribution in [0.3, 0.4) is 0 Å². The number of aromatic carboxylic acids is 1. The number of carboxylic acid groups (broad SMARTS) is 1. The lowest BCUT2D eigenvalue weighted by Gasteiger charge is -2.61. The van der Waals surface area contributed by atoms with Crippen LogP contribution in [0, 0.1) is 17.8 Å². The van der Waals surface area contributed by atoms with Crippen molar-refractivity contribution in [2.75, 3.05) is 0 Å². The minimum Gasteiger partial charge on any atom is -0.477 e. The third kappa shape index (κ3) is 2.43. The summed E-state index contributed by atoms with van der Waals surface area (Å²) in [5.74, 6) is -4.01. The second kappa shape index (κ2) is 4.70. The fraction of sp³-hybridized carbons (Fsp3) is 0.733. The van der Waals surface area contributed by atoms with Crippen LogP contribution in [0.15, 0.2) is 0 Å². The SMILES string of the molecule is O=C(O)c1c(C(F)(F)F)c(C23CC(C2)C3)nn1CC1C[C@@H]1C(F)(F)F. The molecular weight excluding hydrogens is 354 g/mol. The lowest BCUT2D eigenvalue weighted by molar-refractivity contribution is -0.151. The zero-order chi connectivity index (χ0) is 18.4. The Labute approximate surface area is 137 Å².